The van der Waals surface area contributed by atoms with E-state index in [1.54, 1.807) is 18.0 Å². The minimum atomic E-state index is -3.69. The van der Waals surface area contributed by atoms with Gasteiger partial charge in [0.15, 0.2) is 9.84 Å². The molecule has 0 radical (unpaired) electrons. The fourth-order valence-electron chi connectivity index (χ4n) is 2.35. The molecule has 2 aromatic rings. The van der Waals surface area contributed by atoms with Crippen molar-refractivity contribution < 1.29 is 13.3 Å². The molecule has 0 aliphatic carbocycles. The Morgan fingerprint density at radius 3 is 2.52 bits per heavy atom. The molecule has 0 N–H and O–H groups in total. The van der Waals surface area contributed by atoms with Crippen LogP contribution in [0.3, 0.4) is 0 Å². The third-order valence-corrected chi connectivity index (χ3v) is 5.01. The van der Waals surface area contributed by atoms with E-state index in [-0.39, 0.29) is 10.6 Å². The van der Waals surface area contributed by atoms with Gasteiger partial charge in [-0.3, -0.25) is 10.1 Å². The predicted octanol–water partition coefficient (Wildman–Crippen LogP) is 2.74. The summed E-state index contributed by atoms with van der Waals surface area (Å²) in [6, 6.07) is 6.22. The zero-order valence-electron chi connectivity index (χ0n) is 12.9. The van der Waals surface area contributed by atoms with Gasteiger partial charge in [-0.2, -0.15) is 0 Å². The molecule has 0 saturated heterocycles. The van der Waals surface area contributed by atoms with E-state index in [1.807, 2.05) is 23.9 Å². The molecule has 23 heavy (non-hydrogen) atoms. The lowest BCUT2D eigenvalue weighted by Crippen LogP contribution is -2.20. The van der Waals surface area contributed by atoms with Crippen LogP contribution in [-0.4, -0.2) is 31.2 Å². The van der Waals surface area contributed by atoms with Gasteiger partial charge in [0.05, 0.1) is 11.5 Å². The largest absolute Gasteiger partial charge is 0.363 e. The normalized spacial score (nSPS) is 11.5. The summed E-state index contributed by atoms with van der Waals surface area (Å²) in [5.74, 6) is 0. The van der Waals surface area contributed by atoms with Crippen LogP contribution >= 0.6 is 15.9 Å². The van der Waals surface area contributed by atoms with Crippen LogP contribution in [-0.2, 0) is 23.4 Å². The van der Waals surface area contributed by atoms with Crippen molar-refractivity contribution in [1.29, 1.82) is 0 Å². The van der Waals surface area contributed by atoms with Crippen molar-refractivity contribution in [3.63, 3.8) is 0 Å². The van der Waals surface area contributed by atoms with Crippen LogP contribution in [0.15, 0.2) is 39.8 Å². The molecule has 2 rings (SSSR count). The highest BCUT2D eigenvalue weighted by Crippen LogP contribution is 2.34. The minimum Gasteiger partial charge on any atom is -0.363 e. The van der Waals surface area contributed by atoms with Gasteiger partial charge in [-0.25, -0.2) is 8.42 Å². The minimum absolute atomic E-state index is 0.259. The lowest BCUT2D eigenvalue weighted by Gasteiger charge is -2.20. The van der Waals surface area contributed by atoms with Crippen LogP contribution < -0.4 is 4.90 Å². The summed E-state index contributed by atoms with van der Waals surface area (Å²) < 4.78 is 26.4. The number of hydrogen-bond donors (Lipinski definition) is 0. The van der Waals surface area contributed by atoms with Crippen molar-refractivity contribution in [2.75, 3.05) is 18.2 Å². The van der Waals surface area contributed by atoms with Gasteiger partial charge in [-0.05, 0) is 34.1 Å². The molecule has 0 atom stereocenters. The molecule has 0 unspecified atom stereocenters. The highest BCUT2D eigenvalue weighted by Gasteiger charge is 2.28. The molecule has 0 amide bonds. The molecule has 124 valence electrons. The van der Waals surface area contributed by atoms with Crippen LogP contribution in [0.5, 0.6) is 0 Å². The molecule has 0 bridgehead atoms. The summed E-state index contributed by atoms with van der Waals surface area (Å²) in [6.07, 6.45) is 2.85. The maximum Gasteiger partial charge on any atom is 0.311 e. The smallest absolute Gasteiger partial charge is 0.311 e. The molecule has 1 aromatic carbocycles. The van der Waals surface area contributed by atoms with Crippen LogP contribution in [0, 0.1) is 10.1 Å². The summed E-state index contributed by atoms with van der Waals surface area (Å²) in [5.41, 5.74) is 0.791. The molecular weight excluding hydrogens is 386 g/mol. The Morgan fingerprint density at radius 1 is 1.39 bits per heavy atom. The first-order valence-electron chi connectivity index (χ1n) is 6.60. The summed E-state index contributed by atoms with van der Waals surface area (Å²) in [5, 5.41) is 11.4. The average molecular weight is 402 g/mol. The number of nitro benzene ring substituents is 1. The third kappa shape index (κ3) is 3.73. The summed E-state index contributed by atoms with van der Waals surface area (Å²) in [7, 11) is -0.132. The van der Waals surface area contributed by atoms with E-state index in [4.69, 9.17) is 0 Å². The van der Waals surface area contributed by atoms with E-state index in [0.29, 0.717) is 6.54 Å². The van der Waals surface area contributed by atoms with Gasteiger partial charge in [0, 0.05) is 36.7 Å². The van der Waals surface area contributed by atoms with Crippen LogP contribution in [0.25, 0.3) is 0 Å². The molecule has 7 nitrogen and oxygen atoms in total. The summed E-state index contributed by atoms with van der Waals surface area (Å²) in [4.78, 5) is 12.2. The Bertz CT molecular complexity index is 861. The second-order valence-electron chi connectivity index (χ2n) is 5.27. The Hall–Kier alpha value is -1.87. The first kappa shape index (κ1) is 17.5. The predicted molar refractivity (Wildman–Crippen MR) is 91.4 cm³/mol. The molecule has 0 saturated carbocycles. The van der Waals surface area contributed by atoms with Crippen LogP contribution in [0.4, 0.5) is 11.4 Å². The van der Waals surface area contributed by atoms with E-state index in [9.17, 15) is 18.5 Å². The lowest BCUT2D eigenvalue weighted by molar-refractivity contribution is -0.387. The molecule has 9 heteroatoms. The first-order chi connectivity index (χ1) is 10.6. The van der Waals surface area contributed by atoms with Gasteiger partial charge in [0.1, 0.15) is 10.6 Å². The van der Waals surface area contributed by atoms with E-state index in [0.717, 1.165) is 16.4 Å². The molecular formula is C14H16BrN3O4S. The topological polar surface area (TPSA) is 85.5 Å². The Labute approximate surface area is 142 Å². The number of aryl methyl sites for hydroxylation is 1. The average Bonchev–Trinajstić information content (AvgIpc) is 2.74. The van der Waals surface area contributed by atoms with Gasteiger partial charge >= 0.3 is 5.69 Å². The number of para-hydroxylation sites is 1. The second kappa shape index (κ2) is 6.32. The Balaban J connectivity index is 2.50. The van der Waals surface area contributed by atoms with Crippen molar-refractivity contribution in [1.82, 2.24) is 4.57 Å². The highest BCUT2D eigenvalue weighted by atomic mass is 79.9. The number of halogens is 1. The number of benzene rings is 1. The number of aromatic nitrogens is 1. The summed E-state index contributed by atoms with van der Waals surface area (Å²) in [6.45, 7) is 0.399. The maximum absolute atomic E-state index is 11.8. The molecule has 0 aliphatic heterocycles. The van der Waals surface area contributed by atoms with Crippen LogP contribution in [0.1, 0.15) is 5.69 Å². The lowest BCUT2D eigenvalue weighted by atomic mass is 10.2. The van der Waals surface area contributed by atoms with Crippen molar-refractivity contribution in [2.45, 2.75) is 11.4 Å². The number of nitrogens with zero attached hydrogens (tertiary/aromatic N) is 3. The number of rotatable bonds is 5. The molecule has 1 aromatic heterocycles. The highest BCUT2D eigenvalue weighted by molar-refractivity contribution is 9.10. The number of anilines is 1. The van der Waals surface area contributed by atoms with Gasteiger partial charge in [0.2, 0.25) is 0 Å². The van der Waals surface area contributed by atoms with Gasteiger partial charge in [0.25, 0.3) is 0 Å². The zero-order chi connectivity index (χ0) is 17.4. The standard InChI is InChI=1S/C14H16BrN3O4S/c1-16-8-10(15)7-11(16)9-17(2)12-5-4-6-13(23(3,21)22)14(12)18(19)20/h4-8H,9H2,1-3H3. The summed E-state index contributed by atoms with van der Waals surface area (Å²) >= 11 is 3.38. The fraction of sp³-hybridized carbons (Fsp3) is 0.286. The van der Waals surface area contributed by atoms with Crippen molar-refractivity contribution in [2.24, 2.45) is 7.05 Å². The maximum atomic E-state index is 11.8. The quantitative estimate of drug-likeness (QED) is 0.567. The SMILES string of the molecule is CN(Cc1cc(Br)cn1C)c1cccc(S(C)(=O)=O)c1[N+](=O)[O-]. The second-order valence-corrected chi connectivity index (χ2v) is 8.17. The monoisotopic (exact) mass is 401 g/mol. The molecule has 0 spiro atoms. The van der Waals surface area contributed by atoms with Gasteiger partial charge < -0.3 is 9.47 Å². The molecule has 0 aliphatic rings. The number of hydrogen-bond acceptors (Lipinski definition) is 5. The Morgan fingerprint density at radius 2 is 2.04 bits per heavy atom. The van der Waals surface area contributed by atoms with Gasteiger partial charge in [-0.1, -0.05) is 6.07 Å². The zero-order valence-corrected chi connectivity index (χ0v) is 15.3. The van der Waals surface area contributed by atoms with E-state index in [2.05, 4.69) is 15.9 Å². The van der Waals surface area contributed by atoms with Crippen LogP contribution in [0.2, 0.25) is 0 Å². The third-order valence-electron chi connectivity index (χ3n) is 3.44. The number of sulfone groups is 1. The van der Waals surface area contributed by atoms with E-state index in [1.165, 1.54) is 12.1 Å². The fourth-order valence-corrected chi connectivity index (χ4v) is 3.78. The van der Waals surface area contributed by atoms with E-state index < -0.39 is 20.4 Å². The Kier molecular flexibility index (Phi) is 4.81. The van der Waals surface area contributed by atoms with Gasteiger partial charge in [-0.15, -0.1) is 0 Å². The number of nitro groups is 1. The van der Waals surface area contributed by atoms with Crippen molar-refractivity contribution in [3.05, 3.63) is 50.7 Å². The molecule has 1 heterocycles. The van der Waals surface area contributed by atoms with Crippen molar-refractivity contribution >= 4 is 37.1 Å². The van der Waals surface area contributed by atoms with E-state index >= 15 is 0 Å². The van der Waals surface area contributed by atoms with Crippen molar-refractivity contribution in [3.8, 4) is 0 Å². The molecule has 0 fully saturated rings. The first-order valence-corrected chi connectivity index (χ1v) is 9.29.